The fraction of sp³-hybridized carbons (Fsp3) is 0.523. The normalized spacial score (nSPS) is 23.4. The monoisotopic (exact) mass is 1370 g/mol. The average Bonchev–Trinajstić information content (AvgIpc) is 1.66. The van der Waals surface area contributed by atoms with E-state index in [-0.39, 0.29) is 49.6 Å². The lowest BCUT2D eigenvalue weighted by Crippen LogP contribution is -2.56. The number of nitrogens with one attached hydrogen (secondary N) is 9. The molecule has 0 aliphatic carbocycles. The van der Waals surface area contributed by atoms with Crippen LogP contribution in [0.1, 0.15) is 96.8 Å². The lowest BCUT2D eigenvalue weighted by Gasteiger charge is -2.32. The SMILES string of the molecule is CC[C@H](C)[C@@H]1NC(=O)CNC(=O)C2CC(=O)[C@H]([C@@H](C)[C@@H](O)CO)NC(=O)[C@@H]3CC(O)CN3C(=O)[C@H](CC(N)=O)CC(=O)[C@H](CSc3[nH]c4cc(CC(=O)OCc5ccc(NC(=O)[C@H](C)NC(=O)C(NC(=O)CCN6C(=O)C=CC6=O)C(C)C)cc5)ccc4c3C2)NC(=O)CNC1=O. The number of aromatic nitrogens is 1. The van der Waals surface area contributed by atoms with E-state index in [1.807, 2.05) is 0 Å². The number of H-pyrrole nitrogens is 1. The number of nitrogens with zero attached hydrogens (tertiary/aromatic N) is 2. The Morgan fingerprint density at radius 1 is 0.773 bits per heavy atom. The molecule has 4 aliphatic heterocycles. The van der Waals surface area contributed by atoms with E-state index in [1.54, 1.807) is 70.2 Å². The molecule has 1 aromatic heterocycles. The number of Topliss-reactive ketones (excluding diaryl/α,β-unsaturated/α-hetero) is 2. The number of carbonyl (C=O) groups is 15. The molecule has 5 heterocycles. The molecule has 3 aromatic rings. The van der Waals surface area contributed by atoms with Gasteiger partial charge in [0.1, 0.15) is 30.8 Å². The number of carbonyl (C=O) groups excluding carboxylic acids is 15. The van der Waals surface area contributed by atoms with E-state index >= 15 is 0 Å². The molecule has 12 atom stereocenters. The first-order valence-corrected chi connectivity index (χ1v) is 32.9. The number of aromatic amines is 1. The van der Waals surface area contributed by atoms with E-state index in [9.17, 15) is 87.2 Å². The van der Waals surface area contributed by atoms with Gasteiger partial charge in [-0.15, -0.1) is 11.8 Å². The molecule has 2 bridgehead atoms. The van der Waals surface area contributed by atoms with Gasteiger partial charge in [0.2, 0.25) is 59.1 Å². The van der Waals surface area contributed by atoms with Crippen LogP contribution in [-0.4, -0.2) is 206 Å². The van der Waals surface area contributed by atoms with Gasteiger partial charge in [-0.05, 0) is 60.1 Å². The Bertz CT molecular complexity index is 3560. The van der Waals surface area contributed by atoms with Crippen LogP contribution >= 0.6 is 11.8 Å². The number of amides is 12. The van der Waals surface area contributed by atoms with Crippen LogP contribution in [0.4, 0.5) is 5.69 Å². The molecule has 7 rings (SSSR count). The molecule has 0 radical (unpaired) electrons. The van der Waals surface area contributed by atoms with Crippen LogP contribution in [0.25, 0.3) is 10.9 Å². The van der Waals surface area contributed by atoms with Crippen molar-refractivity contribution in [3.05, 3.63) is 71.3 Å². The summed E-state index contributed by atoms with van der Waals surface area (Å²) in [7, 11) is 0. The molecule has 12 amide bonds. The summed E-state index contributed by atoms with van der Waals surface area (Å²) >= 11 is 0.972. The molecular weight excluding hydrogens is 1280 g/mol. The maximum absolute atomic E-state index is 14.9. The van der Waals surface area contributed by atoms with Gasteiger partial charge >= 0.3 is 5.97 Å². The first-order valence-electron chi connectivity index (χ1n) is 32.0. The number of rotatable bonds is 20. The van der Waals surface area contributed by atoms with Crippen molar-refractivity contribution in [3.8, 4) is 0 Å². The Labute approximate surface area is 562 Å². The van der Waals surface area contributed by atoms with Crippen LogP contribution in [-0.2, 0) is 96.1 Å². The second-order valence-corrected chi connectivity index (χ2v) is 26.2. The number of ether oxygens (including phenoxy) is 1. The van der Waals surface area contributed by atoms with E-state index in [0.29, 0.717) is 39.7 Å². The maximum atomic E-state index is 14.9. The number of fused-ring (bicyclic) bond motifs is 5. The average molecular weight is 1370 g/mol. The van der Waals surface area contributed by atoms with Crippen LogP contribution in [0, 0.1) is 29.6 Å². The maximum Gasteiger partial charge on any atom is 0.310 e. The van der Waals surface area contributed by atoms with Gasteiger partial charge in [-0.1, -0.05) is 65.3 Å². The molecule has 524 valence electrons. The fourth-order valence-electron chi connectivity index (χ4n) is 11.6. The van der Waals surface area contributed by atoms with Crippen molar-refractivity contribution in [1.29, 1.82) is 0 Å². The minimum Gasteiger partial charge on any atom is -0.461 e. The van der Waals surface area contributed by atoms with E-state index in [1.165, 1.54) is 13.8 Å². The van der Waals surface area contributed by atoms with E-state index in [0.717, 1.165) is 33.7 Å². The van der Waals surface area contributed by atoms with Gasteiger partial charge in [0, 0.05) is 91.5 Å². The Kier molecular flexibility index (Phi) is 26.3. The minimum absolute atomic E-state index is 0.182. The topological polar surface area (TPSA) is 470 Å². The van der Waals surface area contributed by atoms with E-state index < -0.39 is 212 Å². The molecule has 0 spiro atoms. The van der Waals surface area contributed by atoms with Crippen LogP contribution in [0.2, 0.25) is 0 Å². The second kappa shape index (κ2) is 34.0. The summed E-state index contributed by atoms with van der Waals surface area (Å²) in [4.78, 5) is 209. The molecule has 3 unspecified atom stereocenters. The molecular formula is C65H84N12O19S. The first kappa shape index (κ1) is 75.0. The van der Waals surface area contributed by atoms with Crippen LogP contribution in [0.5, 0.6) is 0 Å². The highest BCUT2D eigenvalue weighted by Gasteiger charge is 2.45. The van der Waals surface area contributed by atoms with Crippen molar-refractivity contribution in [2.45, 2.75) is 153 Å². The number of aliphatic hydroxyl groups excluding tert-OH is 3. The Morgan fingerprint density at radius 2 is 1.43 bits per heavy atom. The van der Waals surface area contributed by atoms with Gasteiger partial charge in [0.05, 0.1) is 61.4 Å². The second-order valence-electron chi connectivity index (χ2n) is 25.2. The summed E-state index contributed by atoms with van der Waals surface area (Å²) in [6, 6.07) is 3.11. The summed E-state index contributed by atoms with van der Waals surface area (Å²) < 4.78 is 5.64. The molecule has 1 saturated heterocycles. The van der Waals surface area contributed by atoms with Crippen molar-refractivity contribution in [1.82, 2.24) is 52.0 Å². The molecule has 0 saturated carbocycles. The van der Waals surface area contributed by atoms with Crippen LogP contribution in [0.3, 0.4) is 0 Å². The van der Waals surface area contributed by atoms with E-state index in [4.69, 9.17) is 10.5 Å². The molecule has 31 nitrogen and oxygen atoms in total. The smallest absolute Gasteiger partial charge is 0.310 e. The lowest BCUT2D eigenvalue weighted by molar-refractivity contribution is -0.145. The lowest BCUT2D eigenvalue weighted by atomic mass is 9.85. The van der Waals surface area contributed by atoms with Gasteiger partial charge in [-0.3, -0.25) is 76.8 Å². The third-order valence-corrected chi connectivity index (χ3v) is 18.6. The van der Waals surface area contributed by atoms with Gasteiger partial charge < -0.3 is 78.2 Å². The highest BCUT2D eigenvalue weighted by Crippen LogP contribution is 2.35. The van der Waals surface area contributed by atoms with E-state index in [2.05, 4.69) is 47.5 Å². The molecule has 14 N–H and O–H groups in total. The van der Waals surface area contributed by atoms with Crippen molar-refractivity contribution in [3.63, 3.8) is 0 Å². The van der Waals surface area contributed by atoms with Gasteiger partial charge in [-0.2, -0.15) is 0 Å². The van der Waals surface area contributed by atoms with Crippen molar-refractivity contribution in [2.75, 3.05) is 43.9 Å². The number of hydrogen-bond acceptors (Lipinski definition) is 20. The first-order chi connectivity index (χ1) is 45.9. The number of benzene rings is 2. The zero-order valence-corrected chi connectivity index (χ0v) is 55.4. The van der Waals surface area contributed by atoms with Crippen molar-refractivity contribution < 1.29 is 92.0 Å². The number of thioether (sulfide) groups is 1. The summed E-state index contributed by atoms with van der Waals surface area (Å²) in [6.45, 7) is 6.47. The largest absolute Gasteiger partial charge is 0.461 e. The Balaban J connectivity index is 1.14. The van der Waals surface area contributed by atoms with Crippen LogP contribution in [0.15, 0.2) is 59.6 Å². The predicted molar refractivity (Wildman–Crippen MR) is 346 cm³/mol. The van der Waals surface area contributed by atoms with Gasteiger partial charge in [0.25, 0.3) is 11.8 Å². The number of hydrogen-bond donors (Lipinski definition) is 13. The number of esters is 1. The number of aliphatic hydroxyl groups is 3. The zero-order valence-electron chi connectivity index (χ0n) is 54.6. The quantitative estimate of drug-likeness (QED) is 0.0419. The van der Waals surface area contributed by atoms with Gasteiger partial charge in [0.15, 0.2) is 11.6 Å². The van der Waals surface area contributed by atoms with Crippen LogP contribution < -0.4 is 48.3 Å². The number of primary amides is 1. The standard InChI is InChI=1S/C65H84N12O19S/c1-7-32(4)57-62(93)68-25-51(85)71-44-30-97-64-42(20-37(60(91)67-26-52(86)74-57)21-47(81)58(33(5)48(82)28-78)75-61(92)45-24-40(79)27-77(45)65(95)38(22-46(44)80)23-49(66)83)41-13-10-36(18-43(41)72-64)19-55(89)96-29-35-8-11-39(12-9-35)70-59(90)34(6)69-63(94)56(31(2)3)73-50(84)16-17-76-53(87)14-15-54(76)88/h8-15,18,31-34,37-38,40,44-45,48,56-58,72,78-79,82H,7,16-17,19-30H2,1-6H3,(H2,66,83)(H,67,91)(H,68,93)(H,69,94)(H,70,90)(H,71,85)(H,73,84)(H,74,86)(H,75,92)/t32-,33-,34-,37?,38-,40?,44-,45-,48-,56?,57-,58-/m0/s1. The summed E-state index contributed by atoms with van der Waals surface area (Å²) in [5, 5.41) is 53.4. The molecule has 32 heteroatoms. The number of imide groups is 1. The summed E-state index contributed by atoms with van der Waals surface area (Å²) in [6.07, 6.45) is -3.77. The molecule has 1 fully saturated rings. The summed E-state index contributed by atoms with van der Waals surface area (Å²) in [5.41, 5.74) is 7.65. The zero-order chi connectivity index (χ0) is 71.1. The third kappa shape index (κ3) is 20.1. The third-order valence-electron chi connectivity index (χ3n) is 17.5. The number of anilines is 1. The fourth-order valence-corrected chi connectivity index (χ4v) is 12.8. The Morgan fingerprint density at radius 3 is 2.08 bits per heavy atom. The molecule has 97 heavy (non-hydrogen) atoms. The highest BCUT2D eigenvalue weighted by molar-refractivity contribution is 7.99. The number of nitrogens with two attached hydrogens (primary N) is 1. The molecule has 4 aliphatic rings. The summed E-state index contributed by atoms with van der Waals surface area (Å²) in [5.74, 6) is -17.0. The molecule has 2 aromatic carbocycles. The highest BCUT2D eigenvalue weighted by atomic mass is 32.2. The van der Waals surface area contributed by atoms with Gasteiger partial charge in [-0.25, -0.2) is 0 Å². The number of ketones is 2. The van der Waals surface area contributed by atoms with Crippen molar-refractivity contribution in [2.24, 2.45) is 35.3 Å². The predicted octanol–water partition coefficient (Wildman–Crippen LogP) is -2.28. The minimum atomic E-state index is -1.67. The van der Waals surface area contributed by atoms with Crippen molar-refractivity contribution >= 4 is 117 Å². The Hall–Kier alpha value is -9.40.